The van der Waals surface area contributed by atoms with Crippen LogP contribution in [0.5, 0.6) is 0 Å². The number of ether oxygens (including phenoxy) is 1. The summed E-state index contributed by atoms with van der Waals surface area (Å²) in [5.41, 5.74) is 0.867. The lowest BCUT2D eigenvalue weighted by Crippen LogP contribution is -2.30. The average Bonchev–Trinajstić information content (AvgIpc) is 2.27. The van der Waals surface area contributed by atoms with Crippen molar-refractivity contribution in [2.24, 2.45) is 0 Å². The van der Waals surface area contributed by atoms with Gasteiger partial charge >= 0.3 is 0 Å². The minimum atomic E-state index is -0.281. The van der Waals surface area contributed by atoms with Crippen molar-refractivity contribution in [2.75, 3.05) is 13.2 Å². The highest BCUT2D eigenvalue weighted by Gasteiger charge is 2.09. The normalized spacial score (nSPS) is 12.2. The van der Waals surface area contributed by atoms with E-state index in [0.717, 1.165) is 5.56 Å². The number of amides is 1. The molecule has 0 fully saturated rings. The molecule has 0 heterocycles. The Morgan fingerprint density at radius 2 is 2.06 bits per heavy atom. The van der Waals surface area contributed by atoms with Crippen LogP contribution in [0.25, 0.3) is 0 Å². The first-order valence-electron chi connectivity index (χ1n) is 5.26. The molecule has 1 rings (SSSR count). The number of rotatable bonds is 5. The first kappa shape index (κ1) is 12.6. The Kier molecular flexibility index (Phi) is 4.92. The van der Waals surface area contributed by atoms with E-state index in [1.54, 1.807) is 12.1 Å². The minimum absolute atomic E-state index is 0.0576. The molecule has 1 aromatic carbocycles. The van der Waals surface area contributed by atoms with E-state index in [-0.39, 0.29) is 24.4 Å². The van der Waals surface area contributed by atoms with Gasteiger partial charge in [-0.3, -0.25) is 4.79 Å². The lowest BCUT2D eigenvalue weighted by Gasteiger charge is -2.14. The summed E-state index contributed by atoms with van der Waals surface area (Å²) in [6.07, 6.45) is 0. The fraction of sp³-hybridized carbons (Fsp3) is 0.417. The highest BCUT2D eigenvalue weighted by Crippen LogP contribution is 2.12. The molecule has 16 heavy (non-hydrogen) atoms. The van der Waals surface area contributed by atoms with E-state index in [0.29, 0.717) is 6.61 Å². The molecule has 1 amide bonds. The van der Waals surface area contributed by atoms with E-state index >= 15 is 0 Å². The van der Waals surface area contributed by atoms with E-state index < -0.39 is 0 Å². The van der Waals surface area contributed by atoms with Gasteiger partial charge in [0.1, 0.15) is 12.4 Å². The van der Waals surface area contributed by atoms with Gasteiger partial charge in [0.15, 0.2) is 0 Å². The zero-order valence-corrected chi connectivity index (χ0v) is 9.50. The van der Waals surface area contributed by atoms with Crippen LogP contribution in [-0.2, 0) is 9.53 Å². The number of hydrogen-bond acceptors (Lipinski definition) is 2. The van der Waals surface area contributed by atoms with Crippen molar-refractivity contribution in [3.8, 4) is 0 Å². The molecule has 1 atom stereocenters. The summed E-state index contributed by atoms with van der Waals surface area (Å²) >= 11 is 0. The molecule has 0 saturated carbocycles. The molecule has 0 aromatic heterocycles. The number of nitrogens with one attached hydrogen (secondary N) is 1. The topological polar surface area (TPSA) is 38.3 Å². The molecule has 0 aliphatic rings. The Hall–Kier alpha value is -1.42. The van der Waals surface area contributed by atoms with Crippen LogP contribution in [0.4, 0.5) is 4.39 Å². The molecular formula is C12H16FNO2. The maximum Gasteiger partial charge on any atom is 0.246 e. The lowest BCUT2D eigenvalue weighted by molar-refractivity contribution is -0.126. The van der Waals surface area contributed by atoms with Gasteiger partial charge in [-0.05, 0) is 31.5 Å². The summed E-state index contributed by atoms with van der Waals surface area (Å²) in [7, 11) is 0. The summed E-state index contributed by atoms with van der Waals surface area (Å²) in [4.78, 5) is 11.3. The molecule has 0 aliphatic heterocycles. The third-order valence-corrected chi connectivity index (χ3v) is 2.18. The van der Waals surface area contributed by atoms with Crippen molar-refractivity contribution < 1.29 is 13.9 Å². The zero-order chi connectivity index (χ0) is 12.0. The average molecular weight is 225 g/mol. The van der Waals surface area contributed by atoms with Gasteiger partial charge < -0.3 is 10.1 Å². The number of halogens is 1. The fourth-order valence-corrected chi connectivity index (χ4v) is 1.31. The molecule has 0 spiro atoms. The first-order valence-corrected chi connectivity index (χ1v) is 5.26. The summed E-state index contributed by atoms with van der Waals surface area (Å²) in [6.45, 7) is 4.24. The quantitative estimate of drug-likeness (QED) is 0.832. The van der Waals surface area contributed by atoms with Crippen molar-refractivity contribution in [1.82, 2.24) is 5.32 Å². The Labute approximate surface area is 94.6 Å². The van der Waals surface area contributed by atoms with Gasteiger partial charge in [0, 0.05) is 6.61 Å². The van der Waals surface area contributed by atoms with Crippen LogP contribution in [-0.4, -0.2) is 19.1 Å². The van der Waals surface area contributed by atoms with Crippen LogP contribution in [0.2, 0.25) is 0 Å². The molecule has 0 saturated heterocycles. The molecule has 88 valence electrons. The van der Waals surface area contributed by atoms with Gasteiger partial charge in [0.05, 0.1) is 6.04 Å². The van der Waals surface area contributed by atoms with Crippen LogP contribution in [0.15, 0.2) is 24.3 Å². The molecule has 1 N–H and O–H groups in total. The summed E-state index contributed by atoms with van der Waals surface area (Å²) < 4.78 is 17.7. The Morgan fingerprint density at radius 1 is 1.44 bits per heavy atom. The highest BCUT2D eigenvalue weighted by molar-refractivity contribution is 5.77. The van der Waals surface area contributed by atoms with Gasteiger partial charge in [-0.2, -0.15) is 0 Å². The van der Waals surface area contributed by atoms with Crippen molar-refractivity contribution in [2.45, 2.75) is 19.9 Å². The van der Waals surface area contributed by atoms with Crippen LogP contribution >= 0.6 is 0 Å². The minimum Gasteiger partial charge on any atom is -0.372 e. The van der Waals surface area contributed by atoms with Gasteiger partial charge in [-0.25, -0.2) is 4.39 Å². The largest absolute Gasteiger partial charge is 0.372 e. The Bertz CT molecular complexity index is 337. The molecule has 1 aromatic rings. The zero-order valence-electron chi connectivity index (χ0n) is 9.50. The Morgan fingerprint density at radius 3 is 2.62 bits per heavy atom. The molecule has 4 heteroatoms. The molecule has 0 aliphatic carbocycles. The standard InChI is InChI=1S/C12H16FNO2/c1-3-16-8-12(15)14-9(2)10-4-6-11(13)7-5-10/h4-7,9H,3,8H2,1-2H3,(H,14,15)/t9-/m1/s1. The fourth-order valence-electron chi connectivity index (χ4n) is 1.31. The molecule has 3 nitrogen and oxygen atoms in total. The lowest BCUT2D eigenvalue weighted by atomic mass is 10.1. The number of carbonyl (C=O) groups is 1. The molecule has 0 unspecified atom stereocenters. The smallest absolute Gasteiger partial charge is 0.246 e. The van der Waals surface area contributed by atoms with Crippen LogP contribution < -0.4 is 5.32 Å². The summed E-state index contributed by atoms with van der Waals surface area (Å²) in [5, 5.41) is 2.76. The van der Waals surface area contributed by atoms with E-state index in [4.69, 9.17) is 4.74 Å². The third-order valence-electron chi connectivity index (χ3n) is 2.18. The van der Waals surface area contributed by atoms with E-state index in [2.05, 4.69) is 5.32 Å². The summed E-state index contributed by atoms with van der Waals surface area (Å²) in [5.74, 6) is -0.449. The highest BCUT2D eigenvalue weighted by atomic mass is 19.1. The monoisotopic (exact) mass is 225 g/mol. The van der Waals surface area contributed by atoms with Crippen molar-refractivity contribution in [3.05, 3.63) is 35.6 Å². The van der Waals surface area contributed by atoms with Gasteiger partial charge in [0.2, 0.25) is 5.91 Å². The van der Waals surface area contributed by atoms with Gasteiger partial charge in [-0.15, -0.1) is 0 Å². The van der Waals surface area contributed by atoms with Crippen LogP contribution in [0, 0.1) is 5.82 Å². The van der Waals surface area contributed by atoms with E-state index in [9.17, 15) is 9.18 Å². The number of carbonyl (C=O) groups excluding carboxylic acids is 1. The molecule has 0 bridgehead atoms. The third kappa shape index (κ3) is 3.98. The number of hydrogen-bond donors (Lipinski definition) is 1. The van der Waals surface area contributed by atoms with Crippen molar-refractivity contribution in [3.63, 3.8) is 0 Å². The van der Waals surface area contributed by atoms with Crippen LogP contribution in [0.3, 0.4) is 0 Å². The van der Waals surface area contributed by atoms with E-state index in [1.807, 2.05) is 13.8 Å². The first-order chi connectivity index (χ1) is 7.63. The molecular weight excluding hydrogens is 209 g/mol. The van der Waals surface area contributed by atoms with E-state index in [1.165, 1.54) is 12.1 Å². The summed E-state index contributed by atoms with van der Waals surface area (Å²) in [6, 6.07) is 5.91. The maximum absolute atomic E-state index is 12.7. The second-order valence-corrected chi connectivity index (χ2v) is 3.48. The SMILES string of the molecule is CCOCC(=O)N[C@H](C)c1ccc(F)cc1. The second-order valence-electron chi connectivity index (χ2n) is 3.48. The predicted octanol–water partition coefficient (Wildman–Crippen LogP) is 2.04. The van der Waals surface area contributed by atoms with Crippen LogP contribution in [0.1, 0.15) is 25.5 Å². The Balaban J connectivity index is 2.48. The van der Waals surface area contributed by atoms with Crippen molar-refractivity contribution in [1.29, 1.82) is 0 Å². The second kappa shape index (κ2) is 6.23. The van der Waals surface area contributed by atoms with Gasteiger partial charge in [-0.1, -0.05) is 12.1 Å². The van der Waals surface area contributed by atoms with Gasteiger partial charge in [0.25, 0.3) is 0 Å². The molecule has 0 radical (unpaired) electrons. The maximum atomic E-state index is 12.7. The van der Waals surface area contributed by atoms with Crippen molar-refractivity contribution >= 4 is 5.91 Å². The predicted molar refractivity (Wildman–Crippen MR) is 59.5 cm³/mol. The number of benzene rings is 1.